The fourth-order valence-corrected chi connectivity index (χ4v) is 3.42. The Morgan fingerprint density at radius 3 is 2.15 bits per heavy atom. The van der Waals surface area contributed by atoms with Gasteiger partial charge in [-0.3, -0.25) is 4.79 Å². The number of carbonyl (C=O) groups excluding carboxylic acids is 1. The van der Waals surface area contributed by atoms with Gasteiger partial charge in [-0.25, -0.2) is 9.97 Å². The van der Waals surface area contributed by atoms with Crippen LogP contribution in [0.1, 0.15) is 24.8 Å². The minimum atomic E-state index is -0.439. The van der Waals surface area contributed by atoms with Gasteiger partial charge in [-0.15, -0.1) is 0 Å². The van der Waals surface area contributed by atoms with Gasteiger partial charge in [0.25, 0.3) is 0 Å². The maximum absolute atomic E-state index is 13.0. The number of anilines is 2. The standard InChI is InChI=1S/C21H20N4O/c22-20-23-13-16(14-24-20)15-7-9-17(10-8-15)21(11-4-12-21)19(26)25-18-5-2-1-3-6-18/h1-3,5-10,13-14H,4,11-12H2,(H,25,26)(H2,22,23,24). The van der Waals surface area contributed by atoms with Crippen LogP contribution in [0, 0.1) is 0 Å². The first-order chi connectivity index (χ1) is 12.7. The van der Waals surface area contributed by atoms with Gasteiger partial charge in [0.2, 0.25) is 11.9 Å². The maximum atomic E-state index is 13.0. The van der Waals surface area contributed by atoms with Gasteiger partial charge in [0.05, 0.1) is 5.41 Å². The third-order valence-electron chi connectivity index (χ3n) is 5.12. The smallest absolute Gasteiger partial charge is 0.235 e. The fraction of sp³-hybridized carbons (Fsp3) is 0.190. The normalized spacial score (nSPS) is 15.1. The molecule has 1 saturated carbocycles. The molecule has 0 saturated heterocycles. The van der Waals surface area contributed by atoms with E-state index in [2.05, 4.69) is 15.3 Å². The summed E-state index contributed by atoms with van der Waals surface area (Å²) in [4.78, 5) is 21.0. The predicted octanol–water partition coefficient (Wildman–Crippen LogP) is 3.79. The molecule has 2 aromatic carbocycles. The molecular weight excluding hydrogens is 324 g/mol. The van der Waals surface area contributed by atoms with Gasteiger partial charge >= 0.3 is 0 Å². The van der Waals surface area contributed by atoms with Crippen LogP contribution in [0.3, 0.4) is 0 Å². The lowest BCUT2D eigenvalue weighted by atomic mass is 9.63. The Labute approximate surface area is 152 Å². The van der Waals surface area contributed by atoms with Crippen molar-refractivity contribution in [1.82, 2.24) is 9.97 Å². The number of nitrogen functional groups attached to an aromatic ring is 1. The van der Waals surface area contributed by atoms with Crippen molar-refractivity contribution in [2.24, 2.45) is 0 Å². The molecular formula is C21H20N4O. The zero-order valence-electron chi connectivity index (χ0n) is 14.4. The van der Waals surface area contributed by atoms with E-state index in [1.165, 1.54) is 0 Å². The molecule has 0 spiro atoms. The molecule has 1 aliphatic rings. The van der Waals surface area contributed by atoms with E-state index in [4.69, 9.17) is 5.73 Å². The molecule has 5 nitrogen and oxygen atoms in total. The molecule has 5 heteroatoms. The Kier molecular flexibility index (Phi) is 4.13. The molecule has 1 heterocycles. The van der Waals surface area contributed by atoms with Gasteiger partial charge in [0, 0.05) is 23.6 Å². The number of carbonyl (C=O) groups is 1. The minimum Gasteiger partial charge on any atom is -0.368 e. The van der Waals surface area contributed by atoms with E-state index in [9.17, 15) is 4.79 Å². The van der Waals surface area contributed by atoms with Gasteiger partial charge in [-0.05, 0) is 36.1 Å². The third-order valence-corrected chi connectivity index (χ3v) is 5.12. The minimum absolute atomic E-state index is 0.0681. The summed E-state index contributed by atoms with van der Waals surface area (Å²) < 4.78 is 0. The highest BCUT2D eigenvalue weighted by molar-refractivity contribution is 6.00. The molecule has 130 valence electrons. The highest BCUT2D eigenvalue weighted by atomic mass is 16.2. The summed E-state index contributed by atoms with van der Waals surface area (Å²) >= 11 is 0. The van der Waals surface area contributed by atoms with Crippen molar-refractivity contribution in [3.8, 4) is 11.1 Å². The number of rotatable bonds is 4. The van der Waals surface area contributed by atoms with E-state index in [-0.39, 0.29) is 11.9 Å². The lowest BCUT2D eigenvalue weighted by Crippen LogP contribution is -2.45. The summed E-state index contributed by atoms with van der Waals surface area (Å²) in [6.07, 6.45) is 6.22. The van der Waals surface area contributed by atoms with E-state index in [1.807, 2.05) is 54.6 Å². The van der Waals surface area contributed by atoms with Crippen molar-refractivity contribution in [3.63, 3.8) is 0 Å². The van der Waals surface area contributed by atoms with Crippen LogP contribution >= 0.6 is 0 Å². The quantitative estimate of drug-likeness (QED) is 0.754. The number of hydrogen-bond acceptors (Lipinski definition) is 4. The van der Waals surface area contributed by atoms with E-state index in [1.54, 1.807) is 12.4 Å². The van der Waals surface area contributed by atoms with Crippen LogP contribution in [0.2, 0.25) is 0 Å². The number of amides is 1. The molecule has 1 aromatic heterocycles. The topological polar surface area (TPSA) is 80.9 Å². The van der Waals surface area contributed by atoms with E-state index in [0.29, 0.717) is 0 Å². The summed E-state index contributed by atoms with van der Waals surface area (Å²) in [5.74, 6) is 0.329. The third kappa shape index (κ3) is 2.92. The number of benzene rings is 2. The van der Waals surface area contributed by atoms with Gasteiger partial charge in [-0.1, -0.05) is 48.9 Å². The Hall–Kier alpha value is -3.21. The van der Waals surface area contributed by atoms with Crippen molar-refractivity contribution >= 4 is 17.5 Å². The Morgan fingerprint density at radius 1 is 0.923 bits per heavy atom. The number of nitrogens with zero attached hydrogens (tertiary/aromatic N) is 2. The molecule has 3 N–H and O–H groups in total. The van der Waals surface area contributed by atoms with Crippen molar-refractivity contribution in [2.75, 3.05) is 11.1 Å². The van der Waals surface area contributed by atoms with Crippen LogP contribution in [-0.4, -0.2) is 15.9 Å². The zero-order chi connectivity index (χ0) is 18.0. The fourth-order valence-electron chi connectivity index (χ4n) is 3.42. The monoisotopic (exact) mass is 344 g/mol. The first-order valence-electron chi connectivity index (χ1n) is 8.72. The second-order valence-electron chi connectivity index (χ2n) is 6.66. The first kappa shape index (κ1) is 16.3. The van der Waals surface area contributed by atoms with E-state index in [0.717, 1.165) is 41.6 Å². The average molecular weight is 344 g/mol. The molecule has 0 bridgehead atoms. The van der Waals surface area contributed by atoms with Crippen molar-refractivity contribution in [2.45, 2.75) is 24.7 Å². The van der Waals surface area contributed by atoms with Gasteiger partial charge in [0.15, 0.2) is 0 Å². The molecule has 1 fully saturated rings. The Bertz CT molecular complexity index is 901. The lowest BCUT2D eigenvalue weighted by Gasteiger charge is -2.40. The second-order valence-corrected chi connectivity index (χ2v) is 6.66. The van der Waals surface area contributed by atoms with Crippen LogP contribution in [0.4, 0.5) is 11.6 Å². The number of para-hydroxylation sites is 1. The molecule has 1 aliphatic carbocycles. The lowest BCUT2D eigenvalue weighted by molar-refractivity contribution is -0.124. The molecule has 0 aliphatic heterocycles. The van der Waals surface area contributed by atoms with Gasteiger partial charge in [-0.2, -0.15) is 0 Å². The molecule has 3 aromatic rings. The average Bonchev–Trinajstić information content (AvgIpc) is 2.63. The van der Waals surface area contributed by atoms with Crippen LogP contribution in [-0.2, 0) is 10.2 Å². The Balaban J connectivity index is 1.58. The summed E-state index contributed by atoms with van der Waals surface area (Å²) in [5.41, 5.74) is 8.90. The highest BCUT2D eigenvalue weighted by Crippen LogP contribution is 2.45. The van der Waals surface area contributed by atoms with Crippen LogP contribution in [0.15, 0.2) is 67.0 Å². The highest BCUT2D eigenvalue weighted by Gasteiger charge is 2.45. The SMILES string of the molecule is Nc1ncc(-c2ccc(C3(C(=O)Nc4ccccc4)CCC3)cc2)cn1. The molecule has 0 unspecified atom stereocenters. The summed E-state index contributed by atoms with van der Waals surface area (Å²) in [5, 5.41) is 3.06. The summed E-state index contributed by atoms with van der Waals surface area (Å²) in [7, 11) is 0. The van der Waals surface area contributed by atoms with Crippen LogP contribution < -0.4 is 11.1 Å². The van der Waals surface area contributed by atoms with Gasteiger partial charge < -0.3 is 11.1 Å². The van der Waals surface area contributed by atoms with Crippen molar-refractivity contribution in [3.05, 3.63) is 72.6 Å². The molecule has 4 rings (SSSR count). The Morgan fingerprint density at radius 2 is 1.58 bits per heavy atom. The largest absolute Gasteiger partial charge is 0.368 e. The van der Waals surface area contributed by atoms with E-state index < -0.39 is 5.41 Å². The first-order valence-corrected chi connectivity index (χ1v) is 8.72. The van der Waals surface area contributed by atoms with Crippen molar-refractivity contribution < 1.29 is 4.79 Å². The number of nitrogens with one attached hydrogen (secondary N) is 1. The van der Waals surface area contributed by atoms with Crippen molar-refractivity contribution in [1.29, 1.82) is 0 Å². The summed E-state index contributed by atoms with van der Waals surface area (Å²) in [6, 6.07) is 17.7. The molecule has 0 radical (unpaired) electrons. The molecule has 26 heavy (non-hydrogen) atoms. The molecule has 1 amide bonds. The number of hydrogen-bond donors (Lipinski definition) is 2. The van der Waals surface area contributed by atoms with E-state index >= 15 is 0 Å². The number of nitrogens with two attached hydrogens (primary N) is 1. The molecule has 0 atom stereocenters. The van der Waals surface area contributed by atoms with Crippen LogP contribution in [0.5, 0.6) is 0 Å². The zero-order valence-corrected chi connectivity index (χ0v) is 14.4. The summed E-state index contributed by atoms with van der Waals surface area (Å²) in [6.45, 7) is 0. The van der Waals surface area contributed by atoms with Crippen LogP contribution in [0.25, 0.3) is 11.1 Å². The number of aromatic nitrogens is 2. The predicted molar refractivity (Wildman–Crippen MR) is 102 cm³/mol. The van der Waals surface area contributed by atoms with Gasteiger partial charge in [0.1, 0.15) is 0 Å². The maximum Gasteiger partial charge on any atom is 0.235 e. The second kappa shape index (κ2) is 6.59.